The van der Waals surface area contributed by atoms with Crippen molar-refractivity contribution in [3.8, 4) is 0 Å². The molecule has 0 aliphatic carbocycles. The number of carbonyl (C=O) groups is 2. The number of benzene rings is 1. The van der Waals surface area contributed by atoms with Gasteiger partial charge in [-0.3, -0.25) is 4.79 Å². The quantitative estimate of drug-likeness (QED) is 0.630. The number of rotatable bonds is 3. The lowest BCUT2D eigenvalue weighted by molar-refractivity contribution is -0.146. The zero-order valence-corrected chi connectivity index (χ0v) is 8.21. The molecule has 0 fully saturated rings. The van der Waals surface area contributed by atoms with Crippen molar-refractivity contribution in [1.82, 2.24) is 0 Å². The largest absolute Gasteiger partial charge is 0.475 e. The van der Waals surface area contributed by atoms with Gasteiger partial charge >= 0.3 is 5.97 Å². The SMILES string of the molecule is O=C(O)C(=O)/C=C/c1coc2ccccc12. The molecule has 0 bridgehead atoms. The predicted molar refractivity (Wildman–Crippen MR) is 57.9 cm³/mol. The molecule has 0 amide bonds. The minimum Gasteiger partial charge on any atom is -0.475 e. The van der Waals surface area contributed by atoms with E-state index in [1.165, 1.54) is 12.3 Å². The van der Waals surface area contributed by atoms with Gasteiger partial charge in [0.2, 0.25) is 0 Å². The van der Waals surface area contributed by atoms with Crippen LogP contribution in [0.2, 0.25) is 0 Å². The van der Waals surface area contributed by atoms with E-state index in [0.717, 1.165) is 11.5 Å². The Labute approximate surface area is 90.8 Å². The van der Waals surface area contributed by atoms with Gasteiger partial charge in [-0.25, -0.2) is 4.79 Å². The molecule has 0 saturated heterocycles. The molecule has 1 aromatic carbocycles. The van der Waals surface area contributed by atoms with Gasteiger partial charge in [-0.05, 0) is 18.2 Å². The van der Waals surface area contributed by atoms with Crippen molar-refractivity contribution >= 4 is 28.8 Å². The summed E-state index contributed by atoms with van der Waals surface area (Å²) in [5.41, 5.74) is 1.38. The first-order chi connectivity index (χ1) is 7.68. The van der Waals surface area contributed by atoms with Crippen LogP contribution in [0.4, 0.5) is 0 Å². The van der Waals surface area contributed by atoms with Crippen LogP contribution in [0.3, 0.4) is 0 Å². The smallest absolute Gasteiger partial charge is 0.376 e. The summed E-state index contributed by atoms with van der Waals surface area (Å²) in [6.07, 6.45) is 3.93. The van der Waals surface area contributed by atoms with Crippen molar-refractivity contribution in [2.24, 2.45) is 0 Å². The summed E-state index contributed by atoms with van der Waals surface area (Å²) in [6, 6.07) is 7.31. The minimum absolute atomic E-state index is 0.685. The standard InChI is InChI=1S/C12H8O4/c13-10(12(14)15)6-5-8-7-16-11-4-2-1-3-9(8)11/h1-7H,(H,14,15)/b6-5+. The molecular formula is C12H8O4. The van der Waals surface area contributed by atoms with E-state index in [2.05, 4.69) is 0 Å². The monoisotopic (exact) mass is 216 g/mol. The molecule has 16 heavy (non-hydrogen) atoms. The van der Waals surface area contributed by atoms with Crippen LogP contribution < -0.4 is 0 Å². The lowest BCUT2D eigenvalue weighted by Gasteiger charge is -1.88. The summed E-state index contributed by atoms with van der Waals surface area (Å²) in [5, 5.41) is 9.24. The molecule has 0 aliphatic rings. The number of carbonyl (C=O) groups excluding carboxylic acids is 1. The molecule has 4 nitrogen and oxygen atoms in total. The van der Waals surface area contributed by atoms with Gasteiger partial charge in [0.1, 0.15) is 5.58 Å². The van der Waals surface area contributed by atoms with Crippen molar-refractivity contribution in [1.29, 1.82) is 0 Å². The van der Waals surface area contributed by atoms with Crippen LogP contribution in [0, 0.1) is 0 Å². The second-order valence-electron chi connectivity index (χ2n) is 3.19. The molecule has 2 aromatic rings. The Balaban J connectivity index is 2.35. The zero-order chi connectivity index (χ0) is 11.5. The molecular weight excluding hydrogens is 208 g/mol. The fourth-order valence-electron chi connectivity index (χ4n) is 1.36. The van der Waals surface area contributed by atoms with Gasteiger partial charge in [-0.15, -0.1) is 0 Å². The number of ketones is 1. The van der Waals surface area contributed by atoms with Crippen molar-refractivity contribution in [2.75, 3.05) is 0 Å². The maximum absolute atomic E-state index is 10.9. The molecule has 0 radical (unpaired) electrons. The first-order valence-electron chi connectivity index (χ1n) is 4.60. The first kappa shape index (κ1) is 10.2. The normalized spacial score (nSPS) is 11.0. The molecule has 4 heteroatoms. The third-order valence-electron chi connectivity index (χ3n) is 2.14. The maximum atomic E-state index is 10.9. The van der Waals surface area contributed by atoms with Gasteiger partial charge in [0, 0.05) is 10.9 Å². The highest BCUT2D eigenvalue weighted by molar-refractivity contribution is 6.38. The predicted octanol–water partition coefficient (Wildman–Crippen LogP) is 2.10. The van der Waals surface area contributed by atoms with Crippen LogP contribution in [0.5, 0.6) is 0 Å². The van der Waals surface area contributed by atoms with Crippen LogP contribution in [-0.4, -0.2) is 16.9 Å². The minimum atomic E-state index is -1.47. The molecule has 1 aromatic heterocycles. The van der Waals surface area contributed by atoms with Crippen molar-refractivity contribution in [2.45, 2.75) is 0 Å². The molecule has 0 spiro atoms. The Morgan fingerprint density at radius 1 is 1.25 bits per heavy atom. The van der Waals surface area contributed by atoms with E-state index in [0.29, 0.717) is 11.1 Å². The topological polar surface area (TPSA) is 67.5 Å². The van der Waals surface area contributed by atoms with Gasteiger partial charge in [-0.1, -0.05) is 18.2 Å². The fourth-order valence-corrected chi connectivity index (χ4v) is 1.36. The highest BCUT2D eigenvalue weighted by Crippen LogP contribution is 2.21. The molecule has 0 saturated carbocycles. The van der Waals surface area contributed by atoms with Gasteiger partial charge < -0.3 is 9.52 Å². The van der Waals surface area contributed by atoms with E-state index in [1.54, 1.807) is 6.07 Å². The summed E-state index contributed by atoms with van der Waals surface area (Å²) in [4.78, 5) is 21.2. The number of hydrogen-bond acceptors (Lipinski definition) is 3. The zero-order valence-electron chi connectivity index (χ0n) is 8.21. The molecule has 0 aliphatic heterocycles. The molecule has 80 valence electrons. The molecule has 1 heterocycles. The molecule has 0 atom stereocenters. The van der Waals surface area contributed by atoms with Gasteiger partial charge in [0.15, 0.2) is 0 Å². The molecule has 0 unspecified atom stereocenters. The van der Waals surface area contributed by atoms with Crippen LogP contribution in [0.15, 0.2) is 41.0 Å². The van der Waals surface area contributed by atoms with Gasteiger partial charge in [0.05, 0.1) is 6.26 Å². The Morgan fingerprint density at radius 3 is 2.75 bits per heavy atom. The lowest BCUT2D eigenvalue weighted by Crippen LogP contribution is -2.08. The summed E-state index contributed by atoms with van der Waals surface area (Å²) in [5.74, 6) is -2.42. The van der Waals surface area contributed by atoms with E-state index in [1.807, 2.05) is 18.2 Å². The Hall–Kier alpha value is -2.36. The van der Waals surface area contributed by atoms with Crippen LogP contribution >= 0.6 is 0 Å². The van der Waals surface area contributed by atoms with E-state index >= 15 is 0 Å². The van der Waals surface area contributed by atoms with Gasteiger partial charge in [-0.2, -0.15) is 0 Å². The van der Waals surface area contributed by atoms with Crippen molar-refractivity contribution in [3.63, 3.8) is 0 Å². The second-order valence-corrected chi connectivity index (χ2v) is 3.19. The first-order valence-corrected chi connectivity index (χ1v) is 4.60. The summed E-state index contributed by atoms with van der Waals surface area (Å²) in [7, 11) is 0. The van der Waals surface area contributed by atoms with Crippen LogP contribution in [0.1, 0.15) is 5.56 Å². The average Bonchev–Trinajstić information content (AvgIpc) is 2.69. The number of hydrogen-bond donors (Lipinski definition) is 1. The Kier molecular flexibility index (Phi) is 2.55. The van der Waals surface area contributed by atoms with Gasteiger partial charge in [0.25, 0.3) is 5.78 Å². The number of para-hydroxylation sites is 1. The molecule has 2 rings (SSSR count). The molecule has 1 N–H and O–H groups in total. The number of fused-ring (bicyclic) bond motifs is 1. The summed E-state index contributed by atoms with van der Waals surface area (Å²) >= 11 is 0. The van der Waals surface area contributed by atoms with E-state index < -0.39 is 11.8 Å². The highest BCUT2D eigenvalue weighted by atomic mass is 16.4. The highest BCUT2D eigenvalue weighted by Gasteiger charge is 2.07. The lowest BCUT2D eigenvalue weighted by atomic mass is 10.1. The average molecular weight is 216 g/mol. The van der Waals surface area contributed by atoms with Crippen LogP contribution in [-0.2, 0) is 9.59 Å². The summed E-state index contributed by atoms with van der Waals surface area (Å²) in [6.45, 7) is 0. The van der Waals surface area contributed by atoms with Crippen LogP contribution in [0.25, 0.3) is 17.0 Å². The van der Waals surface area contributed by atoms with E-state index in [-0.39, 0.29) is 0 Å². The third-order valence-corrected chi connectivity index (χ3v) is 2.14. The third kappa shape index (κ3) is 1.86. The Morgan fingerprint density at radius 2 is 2.00 bits per heavy atom. The van der Waals surface area contributed by atoms with Crippen molar-refractivity contribution in [3.05, 3.63) is 42.2 Å². The van der Waals surface area contributed by atoms with E-state index in [9.17, 15) is 9.59 Å². The second kappa shape index (κ2) is 4.02. The fraction of sp³-hybridized carbons (Fsp3) is 0. The van der Waals surface area contributed by atoms with E-state index in [4.69, 9.17) is 9.52 Å². The maximum Gasteiger partial charge on any atom is 0.376 e. The summed E-state index contributed by atoms with van der Waals surface area (Å²) < 4.78 is 5.23. The Bertz CT molecular complexity index is 577. The van der Waals surface area contributed by atoms with Crippen molar-refractivity contribution < 1.29 is 19.1 Å². The number of carboxylic acids is 1. The number of aliphatic carboxylic acids is 1. The number of carboxylic acid groups (broad SMARTS) is 1. The number of furan rings is 1.